The van der Waals surface area contributed by atoms with Gasteiger partial charge in [-0.15, -0.1) is 0 Å². The van der Waals surface area contributed by atoms with Crippen LogP contribution in [0.5, 0.6) is 0 Å². The molecule has 0 spiro atoms. The first kappa shape index (κ1) is 13.9. The summed E-state index contributed by atoms with van der Waals surface area (Å²) in [6, 6.07) is -0.0679. The second kappa shape index (κ2) is 8.21. The summed E-state index contributed by atoms with van der Waals surface area (Å²) >= 11 is 0. The summed E-state index contributed by atoms with van der Waals surface area (Å²) in [6.07, 6.45) is 3.21. The molecular weight excluding hydrogens is 178 g/mol. The summed E-state index contributed by atoms with van der Waals surface area (Å²) in [6.45, 7) is 6.97. The Balaban J connectivity index is 3.67. The van der Waals surface area contributed by atoms with Gasteiger partial charge in [-0.05, 0) is 12.3 Å². The Labute approximate surface area is 87.6 Å². The predicted molar refractivity (Wildman–Crippen MR) is 59.2 cm³/mol. The topological polar surface area (TPSA) is 55.5 Å². The van der Waals surface area contributed by atoms with Crippen molar-refractivity contribution in [1.82, 2.24) is 0 Å². The molecule has 0 aliphatic carbocycles. The van der Waals surface area contributed by atoms with Crippen LogP contribution in [-0.4, -0.2) is 30.5 Å². The van der Waals surface area contributed by atoms with Crippen molar-refractivity contribution >= 4 is 0 Å². The minimum atomic E-state index is -0.202. The Morgan fingerprint density at radius 3 is 2.36 bits per heavy atom. The van der Waals surface area contributed by atoms with Crippen LogP contribution in [0, 0.1) is 5.92 Å². The van der Waals surface area contributed by atoms with E-state index in [9.17, 15) is 0 Å². The van der Waals surface area contributed by atoms with E-state index in [-0.39, 0.29) is 18.8 Å². The molecule has 0 amide bonds. The quantitative estimate of drug-likeness (QED) is 0.588. The lowest BCUT2D eigenvalue weighted by molar-refractivity contribution is -0.0124. The van der Waals surface area contributed by atoms with E-state index < -0.39 is 0 Å². The Hall–Kier alpha value is -0.120. The number of rotatable bonds is 8. The fourth-order valence-electron chi connectivity index (χ4n) is 1.30. The number of aliphatic hydroxyl groups excluding tert-OH is 1. The van der Waals surface area contributed by atoms with Gasteiger partial charge in [0.25, 0.3) is 0 Å². The molecule has 0 aliphatic rings. The minimum absolute atomic E-state index is 0.0193. The van der Waals surface area contributed by atoms with Crippen LogP contribution in [0.1, 0.15) is 40.0 Å². The van der Waals surface area contributed by atoms with Crippen molar-refractivity contribution in [1.29, 1.82) is 0 Å². The van der Waals surface area contributed by atoms with Gasteiger partial charge in [0.1, 0.15) is 0 Å². The van der Waals surface area contributed by atoms with Crippen molar-refractivity contribution in [2.24, 2.45) is 11.7 Å². The molecule has 0 aromatic heterocycles. The van der Waals surface area contributed by atoms with Crippen LogP contribution in [0.3, 0.4) is 0 Å². The Bertz CT molecular complexity index is 128. The van der Waals surface area contributed by atoms with E-state index in [1.165, 1.54) is 12.8 Å². The number of nitrogens with two attached hydrogens (primary N) is 1. The lowest BCUT2D eigenvalue weighted by Gasteiger charge is -2.25. The zero-order valence-corrected chi connectivity index (χ0v) is 9.70. The molecular formula is C11H25NO2. The standard InChI is InChI=1S/C11H25NO2/c1-4-5-6-7-14-10(8-13)11(12)9(2)3/h9-11,13H,4-8,12H2,1-3H3. The highest BCUT2D eigenvalue weighted by Gasteiger charge is 2.20. The molecule has 0 saturated heterocycles. The first-order valence-corrected chi connectivity index (χ1v) is 5.61. The number of hydrogen-bond donors (Lipinski definition) is 2. The van der Waals surface area contributed by atoms with Crippen LogP contribution >= 0.6 is 0 Å². The molecule has 3 N–H and O–H groups in total. The van der Waals surface area contributed by atoms with Gasteiger partial charge in [-0.3, -0.25) is 0 Å². The molecule has 0 aliphatic heterocycles. The fourth-order valence-corrected chi connectivity index (χ4v) is 1.30. The van der Waals surface area contributed by atoms with Crippen molar-refractivity contribution in [2.45, 2.75) is 52.2 Å². The van der Waals surface area contributed by atoms with Crippen molar-refractivity contribution in [3.05, 3.63) is 0 Å². The maximum Gasteiger partial charge on any atom is 0.0958 e. The molecule has 0 heterocycles. The van der Waals surface area contributed by atoms with Gasteiger partial charge in [0.15, 0.2) is 0 Å². The van der Waals surface area contributed by atoms with Crippen molar-refractivity contribution < 1.29 is 9.84 Å². The molecule has 0 saturated carbocycles. The Morgan fingerprint density at radius 1 is 1.29 bits per heavy atom. The second-order valence-electron chi connectivity index (χ2n) is 4.12. The summed E-state index contributed by atoms with van der Waals surface area (Å²) < 4.78 is 5.54. The number of ether oxygens (including phenoxy) is 1. The first-order chi connectivity index (χ1) is 6.63. The first-order valence-electron chi connectivity index (χ1n) is 5.61. The molecule has 0 radical (unpaired) electrons. The van der Waals surface area contributed by atoms with E-state index >= 15 is 0 Å². The van der Waals surface area contributed by atoms with Gasteiger partial charge in [-0.2, -0.15) is 0 Å². The summed E-state index contributed by atoms with van der Waals surface area (Å²) in [4.78, 5) is 0. The summed E-state index contributed by atoms with van der Waals surface area (Å²) in [5.41, 5.74) is 5.90. The molecule has 86 valence electrons. The van der Waals surface area contributed by atoms with Crippen molar-refractivity contribution in [3.8, 4) is 0 Å². The molecule has 2 unspecified atom stereocenters. The maximum atomic E-state index is 9.10. The third-order valence-corrected chi connectivity index (χ3v) is 2.46. The molecule has 0 aromatic rings. The summed E-state index contributed by atoms with van der Waals surface area (Å²) in [5.74, 6) is 0.346. The fraction of sp³-hybridized carbons (Fsp3) is 1.00. The predicted octanol–water partition coefficient (Wildman–Crippen LogP) is 1.54. The van der Waals surface area contributed by atoms with E-state index in [4.69, 9.17) is 15.6 Å². The summed E-state index contributed by atoms with van der Waals surface area (Å²) in [7, 11) is 0. The molecule has 0 rings (SSSR count). The highest BCUT2D eigenvalue weighted by molar-refractivity contribution is 4.75. The van der Waals surface area contributed by atoms with Gasteiger partial charge in [-0.25, -0.2) is 0 Å². The number of unbranched alkanes of at least 4 members (excludes halogenated alkanes) is 2. The van der Waals surface area contributed by atoms with Crippen LogP contribution in [-0.2, 0) is 4.74 Å². The van der Waals surface area contributed by atoms with E-state index in [1.54, 1.807) is 0 Å². The van der Waals surface area contributed by atoms with Gasteiger partial charge in [0, 0.05) is 12.6 Å². The van der Waals surface area contributed by atoms with Gasteiger partial charge in [0.2, 0.25) is 0 Å². The Kier molecular flexibility index (Phi) is 8.14. The molecule has 0 aromatic carbocycles. The third-order valence-electron chi connectivity index (χ3n) is 2.46. The highest BCUT2D eigenvalue weighted by Crippen LogP contribution is 2.08. The van der Waals surface area contributed by atoms with Gasteiger partial charge >= 0.3 is 0 Å². The average molecular weight is 203 g/mol. The van der Waals surface area contributed by atoms with Crippen LogP contribution in [0.25, 0.3) is 0 Å². The van der Waals surface area contributed by atoms with E-state index in [0.29, 0.717) is 12.5 Å². The minimum Gasteiger partial charge on any atom is -0.394 e. The van der Waals surface area contributed by atoms with E-state index in [1.807, 2.05) is 13.8 Å². The van der Waals surface area contributed by atoms with Crippen LogP contribution in [0.2, 0.25) is 0 Å². The molecule has 14 heavy (non-hydrogen) atoms. The second-order valence-corrected chi connectivity index (χ2v) is 4.12. The summed E-state index contributed by atoms with van der Waals surface area (Å²) in [5, 5.41) is 9.10. The monoisotopic (exact) mass is 203 g/mol. The van der Waals surface area contributed by atoms with E-state index in [0.717, 1.165) is 6.42 Å². The zero-order chi connectivity index (χ0) is 11.0. The van der Waals surface area contributed by atoms with Crippen molar-refractivity contribution in [3.63, 3.8) is 0 Å². The van der Waals surface area contributed by atoms with Gasteiger partial charge < -0.3 is 15.6 Å². The largest absolute Gasteiger partial charge is 0.394 e. The SMILES string of the molecule is CCCCCOC(CO)C(N)C(C)C. The third kappa shape index (κ3) is 5.58. The van der Waals surface area contributed by atoms with Gasteiger partial charge in [0.05, 0.1) is 12.7 Å². The number of hydrogen-bond acceptors (Lipinski definition) is 3. The molecule has 0 bridgehead atoms. The number of aliphatic hydroxyl groups is 1. The highest BCUT2D eigenvalue weighted by atomic mass is 16.5. The van der Waals surface area contributed by atoms with Crippen molar-refractivity contribution in [2.75, 3.05) is 13.2 Å². The maximum absolute atomic E-state index is 9.10. The lowest BCUT2D eigenvalue weighted by atomic mass is 10.00. The van der Waals surface area contributed by atoms with Crippen LogP contribution in [0.15, 0.2) is 0 Å². The van der Waals surface area contributed by atoms with Gasteiger partial charge in [-0.1, -0.05) is 33.6 Å². The smallest absolute Gasteiger partial charge is 0.0958 e. The molecule has 3 nitrogen and oxygen atoms in total. The Morgan fingerprint density at radius 2 is 1.93 bits per heavy atom. The van der Waals surface area contributed by atoms with Crippen LogP contribution < -0.4 is 5.73 Å². The van der Waals surface area contributed by atoms with Crippen LogP contribution in [0.4, 0.5) is 0 Å². The lowest BCUT2D eigenvalue weighted by Crippen LogP contribution is -2.43. The van der Waals surface area contributed by atoms with E-state index in [2.05, 4.69) is 6.92 Å². The molecule has 0 fully saturated rings. The average Bonchev–Trinajstić information content (AvgIpc) is 2.17. The zero-order valence-electron chi connectivity index (χ0n) is 9.70. The normalized spacial score (nSPS) is 15.9. The molecule has 3 heteroatoms. The molecule has 2 atom stereocenters.